The fraction of sp³-hybridized carbons (Fsp3) is 0.545. The second-order valence-electron chi connectivity index (χ2n) is 9.16. The van der Waals surface area contributed by atoms with Crippen LogP contribution in [0.15, 0.2) is 22.6 Å². The van der Waals surface area contributed by atoms with Gasteiger partial charge in [0.25, 0.3) is 11.8 Å². The Morgan fingerprint density at radius 3 is 2.69 bits per heavy atom. The summed E-state index contributed by atoms with van der Waals surface area (Å²) in [4.78, 5) is 27.3. The first-order valence-corrected chi connectivity index (χ1v) is 10.7. The molecule has 0 saturated heterocycles. The molecule has 1 saturated carbocycles. The van der Waals surface area contributed by atoms with Crippen molar-refractivity contribution in [1.29, 1.82) is 0 Å². The maximum atomic E-state index is 13.2. The summed E-state index contributed by atoms with van der Waals surface area (Å²) >= 11 is 0. The monoisotopic (exact) mass is 448 g/mol. The third-order valence-corrected chi connectivity index (χ3v) is 5.65. The van der Waals surface area contributed by atoms with E-state index in [-0.39, 0.29) is 23.9 Å². The van der Waals surface area contributed by atoms with Crippen molar-refractivity contribution in [2.75, 3.05) is 0 Å². The third kappa shape index (κ3) is 4.58. The number of nitrogens with zero attached hydrogens (tertiary/aromatic N) is 3. The number of fused-ring (bicyclic) bond motifs is 1. The molecule has 2 atom stereocenters. The van der Waals surface area contributed by atoms with Crippen LogP contribution in [0.25, 0.3) is 11.5 Å². The van der Waals surface area contributed by atoms with Gasteiger partial charge in [-0.05, 0) is 51.3 Å². The molecule has 1 fully saturated rings. The fourth-order valence-electron chi connectivity index (χ4n) is 4.28. The largest absolute Gasteiger partial charge is 0.444 e. The van der Waals surface area contributed by atoms with Crippen LogP contribution in [0.2, 0.25) is 0 Å². The van der Waals surface area contributed by atoms with Crippen LogP contribution in [0.5, 0.6) is 0 Å². The number of nitrogens with one attached hydrogen (secondary N) is 1. The minimum absolute atomic E-state index is 0.0588. The van der Waals surface area contributed by atoms with Crippen molar-refractivity contribution in [3.05, 3.63) is 35.2 Å². The van der Waals surface area contributed by atoms with E-state index >= 15 is 0 Å². The van der Waals surface area contributed by atoms with Gasteiger partial charge in [-0.25, -0.2) is 4.79 Å². The normalized spacial score (nSPS) is 21.1. The van der Waals surface area contributed by atoms with Crippen molar-refractivity contribution >= 4 is 12.0 Å². The highest BCUT2D eigenvalue weighted by Crippen LogP contribution is 2.34. The smallest absolute Gasteiger partial charge is 0.407 e. The molecule has 0 radical (unpaired) electrons. The highest BCUT2D eigenvalue weighted by Gasteiger charge is 2.39. The Balaban J connectivity index is 1.52. The SMILES string of the molecule is CC(C)(C)OC(=O)N[C@@H]1CCCC[C@H]1N1Cc2ccc(-c3nnc(C(F)F)o3)cc2C1=O. The fourth-order valence-corrected chi connectivity index (χ4v) is 4.28. The zero-order chi connectivity index (χ0) is 23.0. The molecule has 0 spiro atoms. The Bertz CT molecular complexity index is 1020. The van der Waals surface area contributed by atoms with Gasteiger partial charge in [-0.1, -0.05) is 18.9 Å². The van der Waals surface area contributed by atoms with E-state index in [1.165, 1.54) is 0 Å². The van der Waals surface area contributed by atoms with E-state index < -0.39 is 24.0 Å². The summed E-state index contributed by atoms with van der Waals surface area (Å²) in [6, 6.07) is 4.68. The zero-order valence-corrected chi connectivity index (χ0v) is 18.2. The first kappa shape index (κ1) is 22.2. The van der Waals surface area contributed by atoms with Crippen LogP contribution < -0.4 is 5.32 Å². The van der Waals surface area contributed by atoms with Crippen LogP contribution in [0.4, 0.5) is 13.6 Å². The third-order valence-electron chi connectivity index (χ3n) is 5.65. The summed E-state index contributed by atoms with van der Waals surface area (Å²) in [5, 5.41) is 9.94. The number of halogens is 2. The molecule has 1 aromatic heterocycles. The van der Waals surface area contributed by atoms with Gasteiger partial charge in [0.1, 0.15) is 5.60 Å². The molecule has 1 aromatic carbocycles. The molecule has 2 aliphatic rings. The van der Waals surface area contributed by atoms with Crippen LogP contribution in [-0.2, 0) is 11.3 Å². The molecule has 4 rings (SSSR count). The average molecular weight is 448 g/mol. The average Bonchev–Trinajstić information content (AvgIpc) is 3.32. The first-order chi connectivity index (χ1) is 15.1. The molecule has 2 amide bonds. The van der Waals surface area contributed by atoms with Crippen molar-refractivity contribution in [2.45, 2.75) is 77.1 Å². The van der Waals surface area contributed by atoms with Crippen LogP contribution in [0, 0.1) is 0 Å². The Morgan fingerprint density at radius 1 is 1.25 bits per heavy atom. The molecule has 1 N–H and O–H groups in total. The Hall–Kier alpha value is -3.04. The molecule has 1 aliphatic carbocycles. The van der Waals surface area contributed by atoms with Crippen molar-refractivity contribution in [1.82, 2.24) is 20.4 Å². The van der Waals surface area contributed by atoms with Crippen LogP contribution in [0.1, 0.15) is 74.7 Å². The Kier molecular flexibility index (Phi) is 5.87. The van der Waals surface area contributed by atoms with Crippen molar-refractivity contribution in [3.63, 3.8) is 0 Å². The van der Waals surface area contributed by atoms with Gasteiger partial charge in [-0.3, -0.25) is 4.79 Å². The molecular weight excluding hydrogens is 422 g/mol. The molecule has 8 nitrogen and oxygen atoms in total. The lowest BCUT2D eigenvalue weighted by atomic mass is 9.89. The number of carbonyl (C=O) groups is 2. The summed E-state index contributed by atoms with van der Waals surface area (Å²) in [5.41, 5.74) is 1.10. The van der Waals surface area contributed by atoms with E-state index in [1.54, 1.807) is 43.9 Å². The molecule has 10 heteroatoms. The van der Waals surface area contributed by atoms with Gasteiger partial charge in [0.2, 0.25) is 5.89 Å². The zero-order valence-electron chi connectivity index (χ0n) is 18.2. The van der Waals surface area contributed by atoms with Crippen LogP contribution >= 0.6 is 0 Å². The number of carbonyl (C=O) groups excluding carboxylic acids is 2. The lowest BCUT2D eigenvalue weighted by molar-refractivity contribution is 0.0393. The number of alkyl carbamates (subject to hydrolysis) is 1. The maximum absolute atomic E-state index is 13.2. The number of ether oxygens (including phenoxy) is 1. The van der Waals surface area contributed by atoms with E-state index in [1.807, 2.05) is 0 Å². The molecule has 32 heavy (non-hydrogen) atoms. The number of hydrogen-bond donors (Lipinski definition) is 1. The highest BCUT2D eigenvalue weighted by molar-refractivity contribution is 5.99. The quantitative estimate of drug-likeness (QED) is 0.741. The minimum Gasteiger partial charge on any atom is -0.444 e. The number of benzene rings is 1. The van der Waals surface area contributed by atoms with Gasteiger partial charge in [0.05, 0.1) is 12.1 Å². The van der Waals surface area contributed by atoms with Crippen molar-refractivity contribution in [3.8, 4) is 11.5 Å². The predicted octanol–water partition coefficient (Wildman–Crippen LogP) is 4.47. The number of hydrogen-bond acceptors (Lipinski definition) is 6. The molecule has 172 valence electrons. The Morgan fingerprint density at radius 2 is 2.00 bits per heavy atom. The van der Waals surface area contributed by atoms with Gasteiger partial charge in [-0.15, -0.1) is 10.2 Å². The minimum atomic E-state index is -2.86. The number of aromatic nitrogens is 2. The maximum Gasteiger partial charge on any atom is 0.407 e. The van der Waals surface area contributed by atoms with Crippen LogP contribution in [0.3, 0.4) is 0 Å². The Labute approximate surface area is 184 Å². The summed E-state index contributed by atoms with van der Waals surface area (Å²) in [5.74, 6) is -0.985. The molecule has 0 bridgehead atoms. The standard InChI is InChI=1S/C22H26F2N4O4/c1-22(2,3)32-21(30)25-15-6-4-5-7-16(15)28-11-13-9-8-12(10-14(13)20(28)29)18-26-27-19(31-18)17(23)24/h8-10,15-17H,4-7,11H2,1-3H3,(H,25,30)/t15-,16-/m1/s1. The summed E-state index contributed by atoms with van der Waals surface area (Å²) in [6.07, 6.45) is 0.0959. The van der Waals surface area contributed by atoms with E-state index in [9.17, 15) is 18.4 Å². The molecular formula is C22H26F2N4O4. The summed E-state index contributed by atoms with van der Waals surface area (Å²) in [6.45, 7) is 5.82. The highest BCUT2D eigenvalue weighted by atomic mass is 19.3. The first-order valence-electron chi connectivity index (χ1n) is 10.7. The number of amides is 2. The summed E-state index contributed by atoms with van der Waals surface area (Å²) in [7, 11) is 0. The number of alkyl halides is 2. The molecule has 2 heterocycles. The molecule has 2 aromatic rings. The van der Waals surface area contributed by atoms with E-state index in [0.29, 0.717) is 17.7 Å². The van der Waals surface area contributed by atoms with Crippen molar-refractivity contribution in [2.24, 2.45) is 0 Å². The van der Waals surface area contributed by atoms with E-state index in [0.717, 1.165) is 31.2 Å². The van der Waals surface area contributed by atoms with Gasteiger partial charge in [0, 0.05) is 17.7 Å². The van der Waals surface area contributed by atoms with Gasteiger partial charge >= 0.3 is 12.5 Å². The lowest BCUT2D eigenvalue weighted by Gasteiger charge is -2.38. The summed E-state index contributed by atoms with van der Waals surface area (Å²) < 4.78 is 35.9. The predicted molar refractivity (Wildman–Crippen MR) is 110 cm³/mol. The molecule has 0 unspecified atom stereocenters. The number of rotatable bonds is 4. The van der Waals surface area contributed by atoms with E-state index in [4.69, 9.17) is 9.15 Å². The van der Waals surface area contributed by atoms with Crippen molar-refractivity contribution < 1.29 is 27.5 Å². The topological polar surface area (TPSA) is 97.6 Å². The van der Waals surface area contributed by atoms with Crippen LogP contribution in [-0.4, -0.2) is 44.8 Å². The lowest BCUT2D eigenvalue weighted by Crippen LogP contribution is -2.54. The van der Waals surface area contributed by atoms with E-state index in [2.05, 4.69) is 15.5 Å². The second kappa shape index (κ2) is 8.48. The van der Waals surface area contributed by atoms with Gasteiger partial charge < -0.3 is 19.4 Å². The van der Waals surface area contributed by atoms with Gasteiger partial charge in [-0.2, -0.15) is 8.78 Å². The second-order valence-corrected chi connectivity index (χ2v) is 9.16. The van der Waals surface area contributed by atoms with Gasteiger partial charge in [0.15, 0.2) is 0 Å². The molecule has 1 aliphatic heterocycles.